The van der Waals surface area contributed by atoms with Crippen LogP contribution in [-0.4, -0.2) is 25.0 Å². The van der Waals surface area contributed by atoms with E-state index in [1.807, 2.05) is 24.3 Å². The fourth-order valence-electron chi connectivity index (χ4n) is 3.30. The molecule has 0 unspecified atom stereocenters. The highest BCUT2D eigenvalue weighted by Gasteiger charge is 2.45. The van der Waals surface area contributed by atoms with Gasteiger partial charge in [-0.3, -0.25) is 4.79 Å². The van der Waals surface area contributed by atoms with Crippen LogP contribution in [0.15, 0.2) is 58.0 Å². The van der Waals surface area contributed by atoms with E-state index in [1.54, 1.807) is 0 Å². The summed E-state index contributed by atoms with van der Waals surface area (Å²) < 4.78 is 1.17. The zero-order chi connectivity index (χ0) is 20.0. The molecule has 1 fully saturated rings. The van der Waals surface area contributed by atoms with Crippen LogP contribution in [0.3, 0.4) is 0 Å². The summed E-state index contributed by atoms with van der Waals surface area (Å²) in [6, 6.07) is 16.3. The minimum absolute atomic E-state index is 0. The molecule has 0 aliphatic heterocycles. The van der Waals surface area contributed by atoms with Crippen LogP contribution < -0.4 is 16.0 Å². The molecule has 0 heterocycles. The number of anilines is 1. The molecular weight excluding hydrogens is 543 g/mol. The predicted molar refractivity (Wildman–Crippen MR) is 134 cm³/mol. The summed E-state index contributed by atoms with van der Waals surface area (Å²) in [6.45, 7) is 5.78. The topological polar surface area (TPSA) is 65.5 Å². The summed E-state index contributed by atoms with van der Waals surface area (Å²) in [5, 5.41) is 9.65. The number of amides is 1. The number of carbonyl (C=O) groups is 1. The highest BCUT2D eigenvalue weighted by molar-refractivity contribution is 14.0. The third kappa shape index (κ3) is 6.70. The summed E-state index contributed by atoms with van der Waals surface area (Å²) in [6.07, 6.45) is 2.36. The van der Waals surface area contributed by atoms with Gasteiger partial charge in [-0.2, -0.15) is 0 Å². The molecule has 1 aliphatic carbocycles. The normalized spacial score (nSPS) is 14.5. The van der Waals surface area contributed by atoms with Crippen molar-refractivity contribution in [1.82, 2.24) is 10.6 Å². The number of benzene rings is 2. The molecule has 1 aliphatic rings. The number of nitrogens with zero attached hydrogens (tertiary/aromatic N) is 1. The molecule has 2 aromatic rings. The van der Waals surface area contributed by atoms with Gasteiger partial charge in [0.25, 0.3) is 0 Å². The monoisotopic (exact) mass is 570 g/mol. The van der Waals surface area contributed by atoms with Crippen LogP contribution in [0.25, 0.3) is 0 Å². The van der Waals surface area contributed by atoms with Crippen molar-refractivity contribution in [2.45, 2.75) is 38.6 Å². The van der Waals surface area contributed by atoms with Gasteiger partial charge in [0, 0.05) is 35.6 Å². The first kappa shape index (κ1) is 23.7. The number of halogens is 2. The van der Waals surface area contributed by atoms with Crippen molar-refractivity contribution in [3.63, 3.8) is 0 Å². The van der Waals surface area contributed by atoms with Crippen LogP contribution in [0.4, 0.5) is 5.69 Å². The SMILES string of the molecule is CCNC(=NCc1cccc(NC(C)=O)c1)NCC1(c2ccccc2Br)CC1.I. The highest BCUT2D eigenvalue weighted by atomic mass is 127. The zero-order valence-corrected chi connectivity index (χ0v) is 20.7. The Labute approximate surface area is 198 Å². The molecule has 7 heteroatoms. The molecule has 3 rings (SSSR count). The highest BCUT2D eigenvalue weighted by Crippen LogP contribution is 2.49. The molecule has 0 aromatic heterocycles. The van der Waals surface area contributed by atoms with Crippen LogP contribution in [-0.2, 0) is 16.8 Å². The third-order valence-electron chi connectivity index (χ3n) is 4.90. The van der Waals surface area contributed by atoms with E-state index in [4.69, 9.17) is 4.99 Å². The quantitative estimate of drug-likeness (QED) is 0.254. The van der Waals surface area contributed by atoms with E-state index in [1.165, 1.54) is 29.8 Å². The minimum Gasteiger partial charge on any atom is -0.357 e. The summed E-state index contributed by atoms with van der Waals surface area (Å²) in [5.74, 6) is 0.739. The van der Waals surface area contributed by atoms with E-state index < -0.39 is 0 Å². The molecule has 29 heavy (non-hydrogen) atoms. The molecular formula is C22H28BrIN4O. The molecule has 0 atom stereocenters. The number of rotatable bonds is 7. The number of hydrogen-bond donors (Lipinski definition) is 3. The average Bonchev–Trinajstić information content (AvgIpc) is 3.45. The Morgan fingerprint density at radius 3 is 2.55 bits per heavy atom. The van der Waals surface area contributed by atoms with Gasteiger partial charge < -0.3 is 16.0 Å². The number of guanidine groups is 1. The summed E-state index contributed by atoms with van der Waals surface area (Å²) in [5.41, 5.74) is 3.39. The molecule has 2 aromatic carbocycles. The molecule has 0 bridgehead atoms. The van der Waals surface area contributed by atoms with Crippen molar-refractivity contribution < 1.29 is 4.79 Å². The molecule has 0 radical (unpaired) electrons. The molecule has 3 N–H and O–H groups in total. The largest absolute Gasteiger partial charge is 0.357 e. The van der Waals surface area contributed by atoms with E-state index in [-0.39, 0.29) is 35.3 Å². The second-order valence-electron chi connectivity index (χ2n) is 7.19. The van der Waals surface area contributed by atoms with Crippen LogP contribution in [0.5, 0.6) is 0 Å². The van der Waals surface area contributed by atoms with Crippen molar-refractivity contribution >= 4 is 57.5 Å². The second-order valence-corrected chi connectivity index (χ2v) is 8.04. The molecule has 1 saturated carbocycles. The van der Waals surface area contributed by atoms with Crippen molar-refractivity contribution in [3.05, 3.63) is 64.1 Å². The maximum Gasteiger partial charge on any atom is 0.221 e. The van der Waals surface area contributed by atoms with E-state index in [0.717, 1.165) is 30.3 Å². The molecule has 156 valence electrons. The van der Waals surface area contributed by atoms with Gasteiger partial charge >= 0.3 is 0 Å². The number of carbonyl (C=O) groups excluding carboxylic acids is 1. The van der Waals surface area contributed by atoms with Crippen molar-refractivity contribution in [1.29, 1.82) is 0 Å². The van der Waals surface area contributed by atoms with Gasteiger partial charge in [-0.1, -0.05) is 46.3 Å². The van der Waals surface area contributed by atoms with Gasteiger partial charge in [0.15, 0.2) is 5.96 Å². The summed E-state index contributed by atoms with van der Waals surface area (Å²) >= 11 is 3.69. The number of nitrogens with one attached hydrogen (secondary N) is 3. The zero-order valence-electron chi connectivity index (χ0n) is 16.8. The summed E-state index contributed by atoms with van der Waals surface area (Å²) in [4.78, 5) is 16.0. The van der Waals surface area contributed by atoms with Gasteiger partial charge in [0.1, 0.15) is 0 Å². The Hall–Kier alpha value is -1.61. The van der Waals surface area contributed by atoms with Gasteiger partial charge in [-0.15, -0.1) is 24.0 Å². The second kappa shape index (κ2) is 11.0. The Morgan fingerprint density at radius 1 is 1.14 bits per heavy atom. The van der Waals surface area contributed by atoms with E-state index in [2.05, 4.69) is 63.1 Å². The van der Waals surface area contributed by atoms with Crippen LogP contribution in [0.1, 0.15) is 37.8 Å². The lowest BCUT2D eigenvalue weighted by Gasteiger charge is -2.20. The van der Waals surface area contributed by atoms with Gasteiger partial charge in [-0.25, -0.2) is 4.99 Å². The summed E-state index contributed by atoms with van der Waals surface area (Å²) in [7, 11) is 0. The van der Waals surface area contributed by atoms with Crippen LogP contribution in [0.2, 0.25) is 0 Å². The Morgan fingerprint density at radius 2 is 1.90 bits per heavy atom. The first-order valence-electron chi connectivity index (χ1n) is 9.66. The maximum atomic E-state index is 11.2. The van der Waals surface area contributed by atoms with E-state index >= 15 is 0 Å². The number of hydrogen-bond acceptors (Lipinski definition) is 2. The standard InChI is InChI=1S/C22H27BrN4O.HI/c1-3-24-21(25-14-17-7-6-8-18(13-17)27-16(2)28)26-15-22(11-12-22)19-9-4-5-10-20(19)23;/h4-10,13H,3,11-12,14-15H2,1-2H3,(H,27,28)(H2,24,25,26);1H. The Balaban J connectivity index is 0.00000300. The number of aliphatic imine (C=N–C) groups is 1. The van der Waals surface area contributed by atoms with E-state index in [9.17, 15) is 4.79 Å². The predicted octanol–water partition coefficient (Wildman–Crippen LogP) is 4.81. The smallest absolute Gasteiger partial charge is 0.221 e. The lowest BCUT2D eigenvalue weighted by molar-refractivity contribution is -0.114. The van der Waals surface area contributed by atoms with Crippen molar-refractivity contribution in [2.24, 2.45) is 4.99 Å². The minimum atomic E-state index is -0.0718. The van der Waals surface area contributed by atoms with Gasteiger partial charge in [0.05, 0.1) is 6.54 Å². The lowest BCUT2D eigenvalue weighted by atomic mass is 9.96. The third-order valence-corrected chi connectivity index (χ3v) is 5.60. The lowest BCUT2D eigenvalue weighted by Crippen LogP contribution is -2.41. The fraction of sp³-hybridized carbons (Fsp3) is 0.364. The Bertz CT molecular complexity index is 867. The van der Waals surface area contributed by atoms with Crippen molar-refractivity contribution in [2.75, 3.05) is 18.4 Å². The Kier molecular flexibility index (Phi) is 8.95. The fourth-order valence-corrected chi connectivity index (χ4v) is 4.00. The maximum absolute atomic E-state index is 11.2. The van der Waals surface area contributed by atoms with Gasteiger partial charge in [0.2, 0.25) is 5.91 Å². The van der Waals surface area contributed by atoms with E-state index in [0.29, 0.717) is 6.54 Å². The molecule has 0 saturated heterocycles. The van der Waals surface area contributed by atoms with Crippen LogP contribution in [0, 0.1) is 0 Å². The van der Waals surface area contributed by atoms with Crippen LogP contribution >= 0.6 is 39.9 Å². The molecule has 0 spiro atoms. The van der Waals surface area contributed by atoms with Gasteiger partial charge in [-0.05, 0) is 49.1 Å². The first-order chi connectivity index (χ1) is 13.5. The average molecular weight is 571 g/mol. The first-order valence-corrected chi connectivity index (χ1v) is 10.5. The molecule has 1 amide bonds. The molecule has 5 nitrogen and oxygen atoms in total. The van der Waals surface area contributed by atoms with Crippen molar-refractivity contribution in [3.8, 4) is 0 Å².